The van der Waals surface area contributed by atoms with E-state index in [0.29, 0.717) is 6.04 Å². The first kappa shape index (κ1) is 12.3. The standard InChI is InChI=1S/C12H21N5S/c1-18-6-4-11-14-12(16-15-11)17-5-2-3-9-7-13-8-10(9)17/h9-10,13H,2-8H2,1H3,(H,14,15,16). The molecule has 2 fully saturated rings. The van der Waals surface area contributed by atoms with Gasteiger partial charge < -0.3 is 10.2 Å². The van der Waals surface area contributed by atoms with Crippen molar-refractivity contribution in [3.8, 4) is 0 Å². The molecule has 0 spiro atoms. The molecular weight excluding hydrogens is 246 g/mol. The number of rotatable bonds is 4. The molecule has 2 unspecified atom stereocenters. The highest BCUT2D eigenvalue weighted by molar-refractivity contribution is 7.98. The number of thioether (sulfide) groups is 1. The number of fused-ring (bicyclic) bond motifs is 1. The molecule has 0 saturated carbocycles. The summed E-state index contributed by atoms with van der Waals surface area (Å²) in [5.74, 6) is 3.81. The van der Waals surface area contributed by atoms with Gasteiger partial charge in [-0.2, -0.15) is 16.7 Å². The van der Waals surface area contributed by atoms with Crippen LogP contribution in [0.1, 0.15) is 18.7 Å². The van der Waals surface area contributed by atoms with Crippen LogP contribution in [-0.2, 0) is 6.42 Å². The van der Waals surface area contributed by atoms with Crippen molar-refractivity contribution in [2.75, 3.05) is 36.5 Å². The van der Waals surface area contributed by atoms with Crippen molar-refractivity contribution in [2.45, 2.75) is 25.3 Å². The number of hydrogen-bond donors (Lipinski definition) is 2. The van der Waals surface area contributed by atoms with Crippen molar-refractivity contribution in [3.63, 3.8) is 0 Å². The lowest BCUT2D eigenvalue weighted by Gasteiger charge is -2.36. The van der Waals surface area contributed by atoms with E-state index in [1.54, 1.807) is 0 Å². The Labute approximate surface area is 112 Å². The van der Waals surface area contributed by atoms with Gasteiger partial charge in [-0.25, -0.2) is 0 Å². The Morgan fingerprint density at radius 2 is 2.39 bits per heavy atom. The summed E-state index contributed by atoms with van der Waals surface area (Å²) in [6, 6.07) is 0.600. The molecule has 0 aromatic carbocycles. The number of hydrogen-bond acceptors (Lipinski definition) is 5. The van der Waals surface area contributed by atoms with E-state index in [4.69, 9.17) is 0 Å². The van der Waals surface area contributed by atoms with Gasteiger partial charge in [-0.05, 0) is 25.0 Å². The van der Waals surface area contributed by atoms with E-state index in [1.165, 1.54) is 12.8 Å². The molecule has 0 aliphatic carbocycles. The van der Waals surface area contributed by atoms with E-state index >= 15 is 0 Å². The molecule has 6 heteroatoms. The third-order valence-corrected chi connectivity index (χ3v) is 4.61. The summed E-state index contributed by atoms with van der Waals surface area (Å²) in [5, 5.41) is 11.0. The van der Waals surface area contributed by atoms with Crippen molar-refractivity contribution in [1.82, 2.24) is 20.5 Å². The van der Waals surface area contributed by atoms with Crippen LogP contribution in [0.2, 0.25) is 0 Å². The van der Waals surface area contributed by atoms with Gasteiger partial charge in [0.15, 0.2) is 0 Å². The van der Waals surface area contributed by atoms with E-state index in [2.05, 4.69) is 31.7 Å². The first-order chi connectivity index (χ1) is 8.88. The molecule has 2 saturated heterocycles. The molecule has 2 aliphatic heterocycles. The molecule has 2 atom stereocenters. The molecule has 2 aliphatic rings. The van der Waals surface area contributed by atoms with Crippen LogP contribution in [0.5, 0.6) is 0 Å². The first-order valence-electron chi connectivity index (χ1n) is 6.76. The summed E-state index contributed by atoms with van der Waals surface area (Å²) in [6.45, 7) is 3.34. The molecule has 0 bridgehead atoms. The molecule has 3 heterocycles. The van der Waals surface area contributed by atoms with Gasteiger partial charge in [0.05, 0.1) is 0 Å². The highest BCUT2D eigenvalue weighted by Gasteiger charge is 2.36. The van der Waals surface area contributed by atoms with Crippen molar-refractivity contribution < 1.29 is 0 Å². The Kier molecular flexibility index (Phi) is 3.75. The molecule has 18 heavy (non-hydrogen) atoms. The fourth-order valence-corrected chi connectivity index (χ4v) is 3.44. The van der Waals surface area contributed by atoms with Gasteiger partial charge in [0.1, 0.15) is 5.82 Å². The Morgan fingerprint density at radius 3 is 3.28 bits per heavy atom. The second-order valence-electron chi connectivity index (χ2n) is 5.15. The number of anilines is 1. The lowest BCUT2D eigenvalue weighted by atomic mass is 9.92. The predicted octanol–water partition coefficient (Wildman–Crippen LogP) is 0.898. The highest BCUT2D eigenvalue weighted by atomic mass is 32.2. The predicted molar refractivity (Wildman–Crippen MR) is 75.2 cm³/mol. The SMILES string of the molecule is CSCCc1nc(N2CCCC3CNCC32)n[nH]1. The molecule has 5 nitrogen and oxygen atoms in total. The topological polar surface area (TPSA) is 56.8 Å². The van der Waals surface area contributed by atoms with Gasteiger partial charge >= 0.3 is 0 Å². The Bertz CT molecular complexity index is 394. The van der Waals surface area contributed by atoms with Gasteiger partial charge in [0.2, 0.25) is 5.95 Å². The maximum Gasteiger partial charge on any atom is 0.245 e. The fraction of sp³-hybridized carbons (Fsp3) is 0.833. The molecule has 1 aromatic heterocycles. The summed E-state index contributed by atoms with van der Waals surface area (Å²) in [7, 11) is 0. The van der Waals surface area contributed by atoms with E-state index in [-0.39, 0.29) is 0 Å². The lowest BCUT2D eigenvalue weighted by Crippen LogP contribution is -2.45. The minimum absolute atomic E-state index is 0.600. The van der Waals surface area contributed by atoms with Gasteiger partial charge in [-0.3, -0.25) is 5.10 Å². The third kappa shape index (κ3) is 2.36. The summed E-state index contributed by atoms with van der Waals surface area (Å²) in [5.41, 5.74) is 0. The maximum absolute atomic E-state index is 4.65. The van der Waals surface area contributed by atoms with Crippen molar-refractivity contribution >= 4 is 17.7 Å². The molecule has 0 amide bonds. The van der Waals surface area contributed by atoms with Crippen molar-refractivity contribution in [2.24, 2.45) is 5.92 Å². The van der Waals surface area contributed by atoms with E-state index < -0.39 is 0 Å². The Balaban J connectivity index is 1.71. The third-order valence-electron chi connectivity index (χ3n) is 4.00. The summed E-state index contributed by atoms with van der Waals surface area (Å²) >= 11 is 1.85. The van der Waals surface area contributed by atoms with Crippen LogP contribution in [0, 0.1) is 5.92 Å². The quantitative estimate of drug-likeness (QED) is 0.849. The van der Waals surface area contributed by atoms with Gasteiger partial charge in [0.25, 0.3) is 0 Å². The molecule has 3 rings (SSSR count). The fourth-order valence-electron chi connectivity index (χ4n) is 3.04. The first-order valence-corrected chi connectivity index (χ1v) is 8.15. The van der Waals surface area contributed by atoms with Crippen molar-refractivity contribution in [1.29, 1.82) is 0 Å². The van der Waals surface area contributed by atoms with E-state index in [1.807, 2.05) is 11.8 Å². The number of nitrogens with zero attached hydrogens (tertiary/aromatic N) is 3. The largest absolute Gasteiger partial charge is 0.335 e. The molecular formula is C12H21N5S. The molecule has 2 N–H and O–H groups in total. The normalized spacial score (nSPS) is 27.5. The van der Waals surface area contributed by atoms with Crippen LogP contribution < -0.4 is 10.2 Å². The number of aromatic amines is 1. The smallest absolute Gasteiger partial charge is 0.245 e. The number of nitrogens with one attached hydrogen (secondary N) is 2. The Morgan fingerprint density at radius 1 is 1.44 bits per heavy atom. The molecule has 100 valence electrons. The van der Waals surface area contributed by atoms with E-state index in [0.717, 1.165) is 49.5 Å². The van der Waals surface area contributed by atoms with Gasteiger partial charge in [-0.15, -0.1) is 5.10 Å². The molecule has 1 aromatic rings. The van der Waals surface area contributed by atoms with Crippen LogP contribution >= 0.6 is 11.8 Å². The van der Waals surface area contributed by atoms with E-state index in [9.17, 15) is 0 Å². The average Bonchev–Trinajstić information content (AvgIpc) is 3.04. The summed E-state index contributed by atoms with van der Waals surface area (Å²) < 4.78 is 0. The highest BCUT2D eigenvalue weighted by Crippen LogP contribution is 2.28. The van der Waals surface area contributed by atoms with Gasteiger partial charge in [0, 0.05) is 37.8 Å². The van der Waals surface area contributed by atoms with Crippen LogP contribution in [0.15, 0.2) is 0 Å². The number of aromatic nitrogens is 3. The number of piperidine rings is 1. The van der Waals surface area contributed by atoms with Crippen LogP contribution in [0.25, 0.3) is 0 Å². The zero-order valence-electron chi connectivity index (χ0n) is 10.9. The lowest BCUT2D eigenvalue weighted by molar-refractivity contribution is 0.381. The average molecular weight is 267 g/mol. The second-order valence-corrected chi connectivity index (χ2v) is 6.13. The van der Waals surface area contributed by atoms with Crippen LogP contribution in [0.3, 0.4) is 0 Å². The van der Waals surface area contributed by atoms with Crippen LogP contribution in [-0.4, -0.2) is 52.9 Å². The molecule has 0 radical (unpaired) electrons. The maximum atomic E-state index is 4.65. The summed E-state index contributed by atoms with van der Waals surface area (Å²) in [4.78, 5) is 7.05. The zero-order chi connectivity index (χ0) is 12.4. The minimum Gasteiger partial charge on any atom is -0.335 e. The Hall–Kier alpha value is -0.750. The number of H-pyrrole nitrogens is 1. The monoisotopic (exact) mass is 267 g/mol. The van der Waals surface area contributed by atoms with Crippen LogP contribution in [0.4, 0.5) is 5.95 Å². The van der Waals surface area contributed by atoms with Crippen molar-refractivity contribution in [3.05, 3.63) is 5.82 Å². The minimum atomic E-state index is 0.600. The zero-order valence-corrected chi connectivity index (χ0v) is 11.7. The van der Waals surface area contributed by atoms with Gasteiger partial charge in [-0.1, -0.05) is 0 Å². The number of aryl methyl sites for hydroxylation is 1. The summed E-state index contributed by atoms with van der Waals surface area (Å²) in [6.07, 6.45) is 5.71. The second kappa shape index (κ2) is 5.48.